The van der Waals surface area contributed by atoms with Crippen LogP contribution in [0.15, 0.2) is 18.3 Å². The molecule has 0 bridgehead atoms. The maximum Gasteiger partial charge on any atom is 0.311 e. The van der Waals surface area contributed by atoms with Crippen molar-refractivity contribution < 1.29 is 4.92 Å². The minimum absolute atomic E-state index is 0.0551. The van der Waals surface area contributed by atoms with Crippen molar-refractivity contribution in [3.05, 3.63) is 28.4 Å². The van der Waals surface area contributed by atoms with E-state index in [1.807, 2.05) is 0 Å². The summed E-state index contributed by atoms with van der Waals surface area (Å²) in [4.78, 5) is 14.5. The highest BCUT2D eigenvalue weighted by Gasteiger charge is 2.19. The van der Waals surface area contributed by atoms with Crippen LogP contribution < -0.4 is 5.32 Å². The molecule has 0 saturated heterocycles. The average molecular weight is 263 g/mol. The third kappa shape index (κ3) is 3.91. The smallest absolute Gasteiger partial charge is 0.311 e. The van der Waals surface area contributed by atoms with Crippen LogP contribution >= 0.6 is 0 Å². The first-order valence-electron chi connectivity index (χ1n) is 7.00. The third-order valence-corrected chi connectivity index (χ3v) is 3.87. The number of nitro groups is 1. The molecule has 1 aliphatic rings. The molecule has 2 unspecified atom stereocenters. The summed E-state index contributed by atoms with van der Waals surface area (Å²) in [6, 6.07) is 3.07. The Morgan fingerprint density at radius 2 is 2.37 bits per heavy atom. The second-order valence-corrected chi connectivity index (χ2v) is 5.48. The SMILES string of the molecule is CC1CCCC(CCNc2ncccc2[N+](=O)[O-])C1. The van der Waals surface area contributed by atoms with Crippen LogP contribution in [0.25, 0.3) is 0 Å². The molecular formula is C14H21N3O2. The lowest BCUT2D eigenvalue weighted by Crippen LogP contribution is -2.17. The van der Waals surface area contributed by atoms with Gasteiger partial charge in [-0.2, -0.15) is 0 Å². The average Bonchev–Trinajstić information content (AvgIpc) is 2.39. The summed E-state index contributed by atoms with van der Waals surface area (Å²) in [5.74, 6) is 1.96. The lowest BCUT2D eigenvalue weighted by Gasteiger charge is -2.26. The van der Waals surface area contributed by atoms with E-state index >= 15 is 0 Å². The molecule has 0 radical (unpaired) electrons. The third-order valence-electron chi connectivity index (χ3n) is 3.87. The van der Waals surface area contributed by atoms with Gasteiger partial charge in [0, 0.05) is 18.8 Å². The summed E-state index contributed by atoms with van der Waals surface area (Å²) >= 11 is 0. The van der Waals surface area contributed by atoms with Crippen LogP contribution in [0.5, 0.6) is 0 Å². The maximum atomic E-state index is 10.9. The summed E-state index contributed by atoms with van der Waals surface area (Å²) in [6.45, 7) is 3.07. The maximum absolute atomic E-state index is 10.9. The number of pyridine rings is 1. The minimum atomic E-state index is -0.391. The highest BCUT2D eigenvalue weighted by molar-refractivity contribution is 5.54. The van der Waals surface area contributed by atoms with Gasteiger partial charge in [0.05, 0.1) is 4.92 Å². The predicted octanol–water partition coefficient (Wildman–Crippen LogP) is 3.62. The fourth-order valence-corrected chi connectivity index (χ4v) is 2.90. The van der Waals surface area contributed by atoms with Crippen molar-refractivity contribution in [1.82, 2.24) is 4.98 Å². The van der Waals surface area contributed by atoms with Crippen molar-refractivity contribution in [1.29, 1.82) is 0 Å². The highest BCUT2D eigenvalue weighted by Crippen LogP contribution is 2.30. The fraction of sp³-hybridized carbons (Fsp3) is 0.643. The van der Waals surface area contributed by atoms with Crippen molar-refractivity contribution in [2.24, 2.45) is 11.8 Å². The summed E-state index contributed by atoms with van der Waals surface area (Å²) in [5.41, 5.74) is 0.0551. The van der Waals surface area contributed by atoms with Gasteiger partial charge in [-0.3, -0.25) is 10.1 Å². The summed E-state index contributed by atoms with van der Waals surface area (Å²) in [5, 5.41) is 14.0. The molecule has 1 heterocycles. The van der Waals surface area contributed by atoms with Gasteiger partial charge in [-0.1, -0.05) is 26.2 Å². The van der Waals surface area contributed by atoms with E-state index in [2.05, 4.69) is 17.2 Å². The molecular weight excluding hydrogens is 242 g/mol. The Labute approximate surface area is 113 Å². The molecule has 19 heavy (non-hydrogen) atoms. The van der Waals surface area contributed by atoms with E-state index in [1.165, 1.54) is 31.7 Å². The van der Waals surface area contributed by atoms with Crippen LogP contribution in [0.2, 0.25) is 0 Å². The zero-order chi connectivity index (χ0) is 13.7. The number of nitrogens with zero attached hydrogens (tertiary/aromatic N) is 2. The normalized spacial score (nSPS) is 23.0. The molecule has 2 rings (SSSR count). The van der Waals surface area contributed by atoms with E-state index in [0.29, 0.717) is 5.82 Å². The van der Waals surface area contributed by atoms with Crippen molar-refractivity contribution >= 4 is 11.5 Å². The van der Waals surface area contributed by atoms with Crippen LogP contribution in [-0.4, -0.2) is 16.5 Å². The summed E-state index contributed by atoms with van der Waals surface area (Å²) in [6.07, 6.45) is 7.88. The molecule has 0 aliphatic heterocycles. The summed E-state index contributed by atoms with van der Waals surface area (Å²) < 4.78 is 0. The Morgan fingerprint density at radius 1 is 1.53 bits per heavy atom. The van der Waals surface area contributed by atoms with Crippen molar-refractivity contribution in [3.8, 4) is 0 Å². The molecule has 0 aromatic carbocycles. The Bertz CT molecular complexity index is 436. The number of hydrogen-bond donors (Lipinski definition) is 1. The van der Waals surface area contributed by atoms with E-state index in [9.17, 15) is 10.1 Å². The molecule has 1 saturated carbocycles. The van der Waals surface area contributed by atoms with Gasteiger partial charge in [-0.25, -0.2) is 4.98 Å². The quantitative estimate of drug-likeness (QED) is 0.650. The number of hydrogen-bond acceptors (Lipinski definition) is 4. The molecule has 5 heteroatoms. The highest BCUT2D eigenvalue weighted by atomic mass is 16.6. The lowest BCUT2D eigenvalue weighted by molar-refractivity contribution is -0.384. The predicted molar refractivity (Wildman–Crippen MR) is 75.1 cm³/mol. The van der Waals surface area contributed by atoms with Gasteiger partial charge < -0.3 is 5.32 Å². The van der Waals surface area contributed by atoms with E-state index in [-0.39, 0.29) is 5.69 Å². The molecule has 2 atom stereocenters. The molecule has 104 valence electrons. The van der Waals surface area contributed by atoms with Gasteiger partial charge in [0.15, 0.2) is 0 Å². The van der Waals surface area contributed by atoms with E-state index in [0.717, 1.165) is 24.8 Å². The lowest BCUT2D eigenvalue weighted by atomic mass is 9.81. The largest absolute Gasteiger partial charge is 0.364 e. The summed E-state index contributed by atoms with van der Waals surface area (Å²) in [7, 11) is 0. The Kier molecular flexibility index (Phi) is 4.71. The Balaban J connectivity index is 1.84. The van der Waals surface area contributed by atoms with E-state index in [4.69, 9.17) is 0 Å². The van der Waals surface area contributed by atoms with Gasteiger partial charge in [-0.05, 0) is 30.7 Å². The zero-order valence-corrected chi connectivity index (χ0v) is 11.3. The monoisotopic (exact) mass is 263 g/mol. The minimum Gasteiger partial charge on any atom is -0.364 e. The van der Waals surface area contributed by atoms with Gasteiger partial charge in [0.1, 0.15) is 0 Å². The number of nitrogens with one attached hydrogen (secondary N) is 1. The van der Waals surface area contributed by atoms with Crippen LogP contribution in [0.1, 0.15) is 39.0 Å². The molecule has 1 aliphatic carbocycles. The molecule has 1 N–H and O–H groups in total. The number of anilines is 1. The molecule has 1 aromatic rings. The number of aromatic nitrogens is 1. The molecule has 0 amide bonds. The van der Waals surface area contributed by atoms with Crippen molar-refractivity contribution in [2.75, 3.05) is 11.9 Å². The van der Waals surface area contributed by atoms with Gasteiger partial charge >= 0.3 is 5.69 Å². The second-order valence-electron chi connectivity index (χ2n) is 5.48. The van der Waals surface area contributed by atoms with Crippen molar-refractivity contribution in [2.45, 2.75) is 39.0 Å². The first-order valence-corrected chi connectivity index (χ1v) is 7.00. The Hall–Kier alpha value is -1.65. The molecule has 5 nitrogen and oxygen atoms in total. The van der Waals surface area contributed by atoms with Crippen LogP contribution in [0, 0.1) is 22.0 Å². The first-order chi connectivity index (χ1) is 9.16. The topological polar surface area (TPSA) is 68.1 Å². The van der Waals surface area contributed by atoms with E-state index in [1.54, 1.807) is 12.3 Å². The van der Waals surface area contributed by atoms with E-state index < -0.39 is 4.92 Å². The van der Waals surface area contributed by atoms with Gasteiger partial charge in [-0.15, -0.1) is 0 Å². The molecule has 1 aromatic heterocycles. The molecule has 0 spiro atoms. The van der Waals surface area contributed by atoms with Crippen LogP contribution in [0.3, 0.4) is 0 Å². The Morgan fingerprint density at radius 3 is 3.11 bits per heavy atom. The molecule has 1 fully saturated rings. The van der Waals surface area contributed by atoms with Gasteiger partial charge in [0.25, 0.3) is 0 Å². The van der Waals surface area contributed by atoms with Crippen LogP contribution in [-0.2, 0) is 0 Å². The number of rotatable bonds is 5. The van der Waals surface area contributed by atoms with Crippen LogP contribution in [0.4, 0.5) is 11.5 Å². The fourth-order valence-electron chi connectivity index (χ4n) is 2.90. The van der Waals surface area contributed by atoms with Gasteiger partial charge in [0.2, 0.25) is 5.82 Å². The second kappa shape index (κ2) is 6.50. The standard InChI is InChI=1S/C14H21N3O2/c1-11-4-2-5-12(10-11)7-9-16-14-13(17(18)19)6-3-8-15-14/h3,6,8,11-12H,2,4-5,7,9-10H2,1H3,(H,15,16). The zero-order valence-electron chi connectivity index (χ0n) is 11.3. The van der Waals surface area contributed by atoms with Crippen molar-refractivity contribution in [3.63, 3.8) is 0 Å². The first kappa shape index (κ1) is 13.8.